The molecular formula is C14H18FNO2. The van der Waals surface area contributed by atoms with Crippen molar-refractivity contribution in [1.29, 1.82) is 0 Å². The van der Waals surface area contributed by atoms with Crippen LogP contribution in [0, 0.1) is 5.82 Å². The molecule has 0 saturated carbocycles. The van der Waals surface area contributed by atoms with E-state index in [0.717, 1.165) is 25.8 Å². The summed E-state index contributed by atoms with van der Waals surface area (Å²) in [6.45, 7) is 2.79. The number of likely N-dealkylation sites (tertiary alicyclic amines) is 1. The van der Waals surface area contributed by atoms with E-state index in [4.69, 9.17) is 0 Å². The fourth-order valence-electron chi connectivity index (χ4n) is 2.66. The summed E-state index contributed by atoms with van der Waals surface area (Å²) in [6, 6.07) is 5.39. The number of carboxylic acid groups (broad SMARTS) is 1. The highest BCUT2D eigenvalue weighted by Gasteiger charge is 2.32. The second kappa shape index (κ2) is 5.48. The summed E-state index contributed by atoms with van der Waals surface area (Å²) in [4.78, 5) is 13.5. The van der Waals surface area contributed by atoms with Gasteiger partial charge in [-0.15, -0.1) is 0 Å². The summed E-state index contributed by atoms with van der Waals surface area (Å²) in [5.74, 6) is -1.29. The highest BCUT2D eigenvalue weighted by molar-refractivity contribution is 5.75. The Kier molecular flexibility index (Phi) is 3.97. The van der Waals surface area contributed by atoms with E-state index in [1.165, 1.54) is 12.1 Å². The fraction of sp³-hybridized carbons (Fsp3) is 0.500. The summed E-state index contributed by atoms with van der Waals surface area (Å²) in [5.41, 5.74) is 0.524. The van der Waals surface area contributed by atoms with Crippen LogP contribution in [0.4, 0.5) is 4.39 Å². The van der Waals surface area contributed by atoms with Gasteiger partial charge in [0.1, 0.15) is 11.9 Å². The van der Waals surface area contributed by atoms with E-state index >= 15 is 0 Å². The van der Waals surface area contributed by atoms with Crippen molar-refractivity contribution in [3.05, 3.63) is 35.6 Å². The van der Waals surface area contributed by atoms with E-state index in [1.54, 1.807) is 12.1 Å². The summed E-state index contributed by atoms with van der Waals surface area (Å²) in [6.07, 6.45) is 3.13. The lowest BCUT2D eigenvalue weighted by Crippen LogP contribution is -2.43. The van der Waals surface area contributed by atoms with Crippen LogP contribution in [0.5, 0.6) is 0 Å². The van der Waals surface area contributed by atoms with Crippen molar-refractivity contribution < 1.29 is 14.3 Å². The monoisotopic (exact) mass is 251 g/mol. The predicted molar refractivity (Wildman–Crippen MR) is 66.8 cm³/mol. The number of aliphatic carboxylic acids is 1. The molecule has 4 heteroatoms. The Morgan fingerprint density at radius 2 is 2.28 bits per heavy atom. The van der Waals surface area contributed by atoms with Crippen LogP contribution in [0.1, 0.15) is 37.8 Å². The summed E-state index contributed by atoms with van der Waals surface area (Å²) < 4.78 is 13.2. The van der Waals surface area contributed by atoms with Crippen LogP contribution < -0.4 is 0 Å². The molecule has 18 heavy (non-hydrogen) atoms. The molecule has 0 bridgehead atoms. The zero-order valence-corrected chi connectivity index (χ0v) is 10.5. The summed E-state index contributed by atoms with van der Waals surface area (Å²) >= 11 is 0. The van der Waals surface area contributed by atoms with Crippen molar-refractivity contribution in [2.75, 3.05) is 6.54 Å². The molecule has 1 aliphatic rings. The molecule has 0 aromatic heterocycles. The smallest absolute Gasteiger partial charge is 0.325 e. The van der Waals surface area contributed by atoms with Crippen LogP contribution >= 0.6 is 0 Å². The van der Waals surface area contributed by atoms with E-state index < -0.39 is 12.0 Å². The van der Waals surface area contributed by atoms with E-state index in [9.17, 15) is 14.3 Å². The minimum atomic E-state index is -0.908. The first-order valence-electron chi connectivity index (χ1n) is 6.33. The number of piperidine rings is 1. The second-order valence-electron chi connectivity index (χ2n) is 4.88. The molecule has 1 N–H and O–H groups in total. The van der Waals surface area contributed by atoms with Gasteiger partial charge < -0.3 is 5.11 Å². The van der Waals surface area contributed by atoms with Gasteiger partial charge in [0.05, 0.1) is 0 Å². The number of benzene rings is 1. The van der Waals surface area contributed by atoms with Gasteiger partial charge in [-0.25, -0.2) is 4.39 Å². The van der Waals surface area contributed by atoms with Gasteiger partial charge in [-0.1, -0.05) is 18.6 Å². The first-order chi connectivity index (χ1) is 8.59. The minimum absolute atomic E-state index is 0.225. The zero-order valence-electron chi connectivity index (χ0n) is 10.5. The van der Waals surface area contributed by atoms with Gasteiger partial charge in [-0.3, -0.25) is 9.69 Å². The molecule has 0 aliphatic carbocycles. The van der Waals surface area contributed by atoms with Gasteiger partial charge in [-0.2, -0.15) is 0 Å². The van der Waals surface area contributed by atoms with Gasteiger partial charge >= 0.3 is 5.97 Å². The molecule has 1 heterocycles. The average Bonchev–Trinajstić information content (AvgIpc) is 2.32. The van der Waals surface area contributed by atoms with Crippen LogP contribution in [0.3, 0.4) is 0 Å². The molecule has 98 valence electrons. The fourth-order valence-corrected chi connectivity index (χ4v) is 2.66. The van der Waals surface area contributed by atoms with Crippen LogP contribution in [0.15, 0.2) is 24.3 Å². The lowest BCUT2D eigenvalue weighted by Gasteiger charge is -2.37. The van der Waals surface area contributed by atoms with Gasteiger partial charge in [0.25, 0.3) is 0 Å². The SMILES string of the molecule is CC1CCCCN1C(C(=O)O)c1cccc(F)c1. The van der Waals surface area contributed by atoms with Crippen molar-refractivity contribution in [3.63, 3.8) is 0 Å². The van der Waals surface area contributed by atoms with Gasteiger partial charge in [-0.05, 0) is 44.0 Å². The van der Waals surface area contributed by atoms with Gasteiger partial charge in [0, 0.05) is 6.04 Å². The third kappa shape index (κ3) is 2.70. The lowest BCUT2D eigenvalue weighted by atomic mass is 9.97. The number of hydrogen-bond acceptors (Lipinski definition) is 2. The highest BCUT2D eigenvalue weighted by Crippen LogP contribution is 2.29. The third-order valence-electron chi connectivity index (χ3n) is 3.58. The average molecular weight is 251 g/mol. The van der Waals surface area contributed by atoms with Crippen LogP contribution in [-0.4, -0.2) is 28.6 Å². The molecule has 1 aromatic carbocycles. The van der Waals surface area contributed by atoms with E-state index in [2.05, 4.69) is 0 Å². The molecule has 2 atom stereocenters. The van der Waals surface area contributed by atoms with Crippen molar-refractivity contribution in [3.8, 4) is 0 Å². The molecule has 3 nitrogen and oxygen atoms in total. The molecule has 2 unspecified atom stereocenters. The summed E-state index contributed by atoms with van der Waals surface area (Å²) in [5, 5.41) is 9.42. The first kappa shape index (κ1) is 13.0. The quantitative estimate of drug-likeness (QED) is 0.898. The molecular weight excluding hydrogens is 233 g/mol. The van der Waals surface area contributed by atoms with Crippen LogP contribution in [0.25, 0.3) is 0 Å². The Hall–Kier alpha value is -1.42. The molecule has 0 amide bonds. The number of nitrogens with zero attached hydrogens (tertiary/aromatic N) is 1. The molecule has 1 fully saturated rings. The number of carbonyl (C=O) groups is 1. The maximum Gasteiger partial charge on any atom is 0.325 e. The number of hydrogen-bond donors (Lipinski definition) is 1. The molecule has 1 saturated heterocycles. The largest absolute Gasteiger partial charge is 0.480 e. The molecule has 0 spiro atoms. The number of halogens is 1. The van der Waals surface area contributed by atoms with E-state index in [-0.39, 0.29) is 11.9 Å². The second-order valence-corrected chi connectivity index (χ2v) is 4.88. The van der Waals surface area contributed by atoms with Gasteiger partial charge in [0.15, 0.2) is 0 Å². The maximum atomic E-state index is 13.2. The Morgan fingerprint density at radius 3 is 2.89 bits per heavy atom. The molecule has 2 rings (SSSR count). The van der Waals surface area contributed by atoms with Crippen molar-refractivity contribution in [1.82, 2.24) is 4.90 Å². The standard InChI is InChI=1S/C14H18FNO2/c1-10-5-2-3-8-16(10)13(14(17)18)11-6-4-7-12(15)9-11/h4,6-7,9-10,13H,2-3,5,8H2,1H3,(H,17,18). The van der Waals surface area contributed by atoms with Crippen LogP contribution in [-0.2, 0) is 4.79 Å². The molecule has 0 radical (unpaired) electrons. The van der Waals surface area contributed by atoms with Crippen molar-refractivity contribution >= 4 is 5.97 Å². The third-order valence-corrected chi connectivity index (χ3v) is 3.58. The minimum Gasteiger partial charge on any atom is -0.480 e. The van der Waals surface area contributed by atoms with E-state index in [1.807, 2.05) is 11.8 Å². The Balaban J connectivity index is 2.30. The van der Waals surface area contributed by atoms with E-state index in [0.29, 0.717) is 5.56 Å². The molecule has 1 aliphatic heterocycles. The van der Waals surface area contributed by atoms with Crippen molar-refractivity contribution in [2.45, 2.75) is 38.3 Å². The predicted octanol–water partition coefficient (Wildman–Crippen LogP) is 2.83. The topological polar surface area (TPSA) is 40.5 Å². The Labute approximate surface area is 106 Å². The normalized spacial score (nSPS) is 22.7. The first-order valence-corrected chi connectivity index (χ1v) is 6.33. The zero-order chi connectivity index (χ0) is 13.1. The molecule has 1 aromatic rings. The Bertz CT molecular complexity index is 436. The van der Waals surface area contributed by atoms with Gasteiger partial charge in [0.2, 0.25) is 0 Å². The van der Waals surface area contributed by atoms with Crippen LogP contribution in [0.2, 0.25) is 0 Å². The maximum absolute atomic E-state index is 13.2. The highest BCUT2D eigenvalue weighted by atomic mass is 19.1. The number of carboxylic acids is 1. The number of rotatable bonds is 3. The lowest BCUT2D eigenvalue weighted by molar-refractivity contribution is -0.145. The van der Waals surface area contributed by atoms with Crippen molar-refractivity contribution in [2.24, 2.45) is 0 Å². The Morgan fingerprint density at radius 1 is 1.50 bits per heavy atom. The summed E-state index contributed by atoms with van der Waals surface area (Å²) in [7, 11) is 0.